The third-order valence-corrected chi connectivity index (χ3v) is 2.02. The number of hydrogen-bond acceptors (Lipinski definition) is 3. The fourth-order valence-electron chi connectivity index (χ4n) is 1.21. The van der Waals surface area contributed by atoms with Gasteiger partial charge in [-0.1, -0.05) is 19.1 Å². The molecule has 76 valence electrons. The van der Waals surface area contributed by atoms with Crippen LogP contribution in [0.15, 0.2) is 10.9 Å². The molecule has 5 heteroatoms. The lowest BCUT2D eigenvalue weighted by molar-refractivity contribution is 0.560. The van der Waals surface area contributed by atoms with Crippen LogP contribution in [-0.4, -0.2) is 14.8 Å². The number of thiocarbonyl (C=S) groups is 1. The second-order valence-corrected chi connectivity index (χ2v) is 3.53. The summed E-state index contributed by atoms with van der Waals surface area (Å²) in [6, 6.07) is 1.62. The number of aromatic nitrogens is 2. The molecule has 0 bridgehead atoms. The number of aryl methyl sites for hydroxylation is 2. The molecule has 1 rings (SSSR count). The van der Waals surface area contributed by atoms with Crippen molar-refractivity contribution in [2.24, 2.45) is 5.73 Å². The molecule has 0 saturated heterocycles. The molecular formula is C9H13N3OS. The number of nitrogens with two attached hydrogens (primary N) is 1. The van der Waals surface area contributed by atoms with Crippen molar-refractivity contribution in [3.05, 3.63) is 27.7 Å². The van der Waals surface area contributed by atoms with Gasteiger partial charge in [0.25, 0.3) is 5.56 Å². The van der Waals surface area contributed by atoms with Crippen LogP contribution in [0.25, 0.3) is 0 Å². The van der Waals surface area contributed by atoms with E-state index in [1.807, 2.05) is 13.8 Å². The molecule has 0 unspecified atom stereocenters. The van der Waals surface area contributed by atoms with E-state index in [2.05, 4.69) is 5.10 Å². The molecule has 0 saturated carbocycles. The molecule has 0 amide bonds. The maximum atomic E-state index is 11.7. The van der Waals surface area contributed by atoms with Crippen molar-refractivity contribution in [1.29, 1.82) is 0 Å². The predicted octanol–water partition coefficient (Wildman–Crippen LogP) is 0.596. The van der Waals surface area contributed by atoms with Crippen LogP contribution in [0.4, 0.5) is 0 Å². The van der Waals surface area contributed by atoms with Crippen molar-refractivity contribution in [3.63, 3.8) is 0 Å². The van der Waals surface area contributed by atoms with Gasteiger partial charge in [0.15, 0.2) is 0 Å². The van der Waals surface area contributed by atoms with Crippen LogP contribution in [0.2, 0.25) is 0 Å². The third-order valence-electron chi connectivity index (χ3n) is 1.80. The van der Waals surface area contributed by atoms with Crippen molar-refractivity contribution in [1.82, 2.24) is 9.78 Å². The van der Waals surface area contributed by atoms with Crippen LogP contribution >= 0.6 is 12.2 Å². The van der Waals surface area contributed by atoms with Crippen molar-refractivity contribution in [2.45, 2.75) is 26.8 Å². The Hall–Kier alpha value is -1.23. The van der Waals surface area contributed by atoms with E-state index in [-0.39, 0.29) is 10.5 Å². The maximum absolute atomic E-state index is 11.7. The summed E-state index contributed by atoms with van der Waals surface area (Å²) in [5.41, 5.74) is 6.36. The topological polar surface area (TPSA) is 60.9 Å². The standard InChI is InChI=1S/C9H13N3OS/c1-3-4-12-9(13)7(8(10)14)5-6(2)11-12/h5H,3-4H2,1-2H3,(H2,10,14). The van der Waals surface area contributed by atoms with Gasteiger partial charge in [0.05, 0.1) is 11.3 Å². The second-order valence-electron chi connectivity index (χ2n) is 3.09. The van der Waals surface area contributed by atoms with E-state index in [1.165, 1.54) is 4.68 Å². The zero-order valence-electron chi connectivity index (χ0n) is 8.28. The van der Waals surface area contributed by atoms with E-state index in [4.69, 9.17) is 18.0 Å². The minimum Gasteiger partial charge on any atom is -0.389 e. The van der Waals surface area contributed by atoms with E-state index < -0.39 is 0 Å². The molecular weight excluding hydrogens is 198 g/mol. The van der Waals surface area contributed by atoms with Crippen molar-refractivity contribution in [2.75, 3.05) is 0 Å². The van der Waals surface area contributed by atoms with Gasteiger partial charge in [-0.2, -0.15) is 5.10 Å². The molecule has 0 aromatic carbocycles. The highest BCUT2D eigenvalue weighted by Gasteiger charge is 2.07. The fraction of sp³-hybridized carbons (Fsp3) is 0.444. The van der Waals surface area contributed by atoms with Gasteiger partial charge in [-0.25, -0.2) is 4.68 Å². The average molecular weight is 211 g/mol. The molecule has 0 fully saturated rings. The summed E-state index contributed by atoms with van der Waals surface area (Å²) in [6.45, 7) is 4.39. The molecule has 0 radical (unpaired) electrons. The quantitative estimate of drug-likeness (QED) is 0.744. The molecule has 1 heterocycles. The van der Waals surface area contributed by atoms with Crippen LogP contribution in [0.3, 0.4) is 0 Å². The van der Waals surface area contributed by atoms with Crippen molar-refractivity contribution < 1.29 is 0 Å². The molecule has 1 aromatic heterocycles. The third kappa shape index (κ3) is 2.17. The van der Waals surface area contributed by atoms with E-state index in [0.29, 0.717) is 12.1 Å². The zero-order chi connectivity index (χ0) is 10.7. The first-order valence-electron chi connectivity index (χ1n) is 4.44. The molecule has 14 heavy (non-hydrogen) atoms. The van der Waals surface area contributed by atoms with Gasteiger partial charge in [-0.3, -0.25) is 4.79 Å². The highest BCUT2D eigenvalue weighted by molar-refractivity contribution is 7.80. The Kier molecular flexibility index (Phi) is 3.35. The first-order chi connectivity index (χ1) is 6.56. The van der Waals surface area contributed by atoms with Gasteiger partial charge in [-0.15, -0.1) is 0 Å². The normalized spacial score (nSPS) is 10.1. The van der Waals surface area contributed by atoms with Gasteiger partial charge >= 0.3 is 0 Å². The molecule has 0 aliphatic carbocycles. The predicted molar refractivity (Wildman–Crippen MR) is 59.4 cm³/mol. The Labute approximate surface area is 87.7 Å². The highest BCUT2D eigenvalue weighted by Crippen LogP contribution is 1.96. The fourth-order valence-corrected chi connectivity index (χ4v) is 1.36. The van der Waals surface area contributed by atoms with Crippen molar-refractivity contribution in [3.8, 4) is 0 Å². The van der Waals surface area contributed by atoms with E-state index in [0.717, 1.165) is 12.1 Å². The Morgan fingerprint density at radius 1 is 1.71 bits per heavy atom. The highest BCUT2D eigenvalue weighted by atomic mass is 32.1. The molecule has 1 aromatic rings. The molecule has 0 aliphatic rings. The lowest BCUT2D eigenvalue weighted by Gasteiger charge is -2.06. The summed E-state index contributed by atoms with van der Waals surface area (Å²) < 4.78 is 1.41. The van der Waals surface area contributed by atoms with E-state index in [1.54, 1.807) is 6.07 Å². The van der Waals surface area contributed by atoms with Gasteiger partial charge in [-0.05, 0) is 19.4 Å². The minimum absolute atomic E-state index is 0.130. The SMILES string of the molecule is CCCn1nc(C)cc(C(N)=S)c1=O. The van der Waals surface area contributed by atoms with Crippen LogP contribution in [0.5, 0.6) is 0 Å². The van der Waals surface area contributed by atoms with E-state index in [9.17, 15) is 4.79 Å². The Bertz CT molecular complexity index is 411. The number of hydrogen-bond donors (Lipinski definition) is 1. The molecule has 0 aliphatic heterocycles. The molecule has 2 N–H and O–H groups in total. The average Bonchev–Trinajstić information content (AvgIpc) is 2.10. The van der Waals surface area contributed by atoms with Crippen molar-refractivity contribution >= 4 is 17.2 Å². The number of nitrogens with zero attached hydrogens (tertiary/aromatic N) is 2. The summed E-state index contributed by atoms with van der Waals surface area (Å²) >= 11 is 4.79. The first kappa shape index (κ1) is 10.8. The van der Waals surface area contributed by atoms with Crippen LogP contribution in [0.1, 0.15) is 24.6 Å². The summed E-state index contributed by atoms with van der Waals surface area (Å²) in [7, 11) is 0. The van der Waals surface area contributed by atoms with Crippen LogP contribution < -0.4 is 11.3 Å². The minimum atomic E-state index is -0.204. The molecule has 0 atom stereocenters. The Morgan fingerprint density at radius 2 is 2.36 bits per heavy atom. The van der Waals surface area contributed by atoms with Crippen LogP contribution in [-0.2, 0) is 6.54 Å². The van der Waals surface area contributed by atoms with Gasteiger partial charge in [0.2, 0.25) is 0 Å². The molecule has 0 spiro atoms. The van der Waals surface area contributed by atoms with E-state index >= 15 is 0 Å². The summed E-state index contributed by atoms with van der Waals surface area (Å²) in [5.74, 6) is 0. The second kappa shape index (κ2) is 4.32. The maximum Gasteiger partial charge on any atom is 0.277 e. The summed E-state index contributed by atoms with van der Waals surface area (Å²) in [4.78, 5) is 11.8. The van der Waals surface area contributed by atoms with Gasteiger partial charge < -0.3 is 5.73 Å². The molecule has 4 nitrogen and oxygen atoms in total. The number of rotatable bonds is 3. The van der Waals surface area contributed by atoms with Crippen LogP contribution in [0, 0.1) is 6.92 Å². The lowest BCUT2D eigenvalue weighted by Crippen LogP contribution is -2.31. The summed E-state index contributed by atoms with van der Waals surface area (Å²) in [6.07, 6.45) is 0.854. The largest absolute Gasteiger partial charge is 0.389 e. The van der Waals surface area contributed by atoms with Gasteiger partial charge in [0, 0.05) is 6.54 Å². The monoisotopic (exact) mass is 211 g/mol. The Balaban J connectivity index is 3.32. The first-order valence-corrected chi connectivity index (χ1v) is 4.85. The smallest absolute Gasteiger partial charge is 0.277 e. The Morgan fingerprint density at radius 3 is 2.86 bits per heavy atom. The zero-order valence-corrected chi connectivity index (χ0v) is 9.10. The summed E-state index contributed by atoms with van der Waals surface area (Å²) in [5, 5.41) is 4.09. The lowest BCUT2D eigenvalue weighted by atomic mass is 10.2. The van der Waals surface area contributed by atoms with Gasteiger partial charge in [0.1, 0.15) is 4.99 Å².